The molecule has 0 aliphatic rings. The molecule has 0 aliphatic carbocycles. The van der Waals surface area contributed by atoms with Crippen molar-refractivity contribution in [2.24, 2.45) is 0 Å². The number of aliphatic hydroxyl groups is 1. The van der Waals surface area contributed by atoms with Gasteiger partial charge in [0, 0.05) is 17.6 Å². The second-order valence-electron chi connectivity index (χ2n) is 4.00. The van der Waals surface area contributed by atoms with Crippen LogP contribution in [0, 0.1) is 0 Å². The number of pyridine rings is 1. The van der Waals surface area contributed by atoms with Crippen LogP contribution in [0.5, 0.6) is 0 Å². The molecule has 0 radical (unpaired) electrons. The summed E-state index contributed by atoms with van der Waals surface area (Å²) in [6.45, 7) is 4.36. The van der Waals surface area contributed by atoms with E-state index in [4.69, 9.17) is 0 Å². The van der Waals surface area contributed by atoms with Gasteiger partial charge in [-0.05, 0) is 37.2 Å². The SMILES string of the molecule is CCC(O)c1ccc(Sc2n[nH]c(=O)n2CC)cn1. The van der Waals surface area contributed by atoms with Crippen LogP contribution in [0.25, 0.3) is 0 Å². The van der Waals surface area contributed by atoms with Crippen molar-refractivity contribution in [3.63, 3.8) is 0 Å². The zero-order valence-electron chi connectivity index (χ0n) is 10.8. The van der Waals surface area contributed by atoms with E-state index in [1.54, 1.807) is 16.8 Å². The summed E-state index contributed by atoms with van der Waals surface area (Å²) in [4.78, 5) is 16.5. The smallest absolute Gasteiger partial charge is 0.343 e. The van der Waals surface area contributed by atoms with Gasteiger partial charge in [0.05, 0.1) is 11.8 Å². The van der Waals surface area contributed by atoms with E-state index in [9.17, 15) is 9.90 Å². The molecule has 0 saturated heterocycles. The molecule has 7 heteroatoms. The van der Waals surface area contributed by atoms with Crippen molar-refractivity contribution in [3.05, 3.63) is 34.5 Å². The summed E-state index contributed by atoms with van der Waals surface area (Å²) in [6, 6.07) is 3.66. The Morgan fingerprint density at radius 3 is 2.84 bits per heavy atom. The van der Waals surface area contributed by atoms with Gasteiger partial charge in [-0.15, -0.1) is 5.10 Å². The minimum atomic E-state index is -0.529. The fourth-order valence-corrected chi connectivity index (χ4v) is 2.49. The zero-order valence-corrected chi connectivity index (χ0v) is 11.6. The van der Waals surface area contributed by atoms with E-state index in [1.165, 1.54) is 11.8 Å². The number of nitrogens with zero attached hydrogens (tertiary/aromatic N) is 3. The van der Waals surface area contributed by atoms with Gasteiger partial charge in [-0.2, -0.15) is 0 Å². The predicted molar refractivity (Wildman–Crippen MR) is 72.1 cm³/mol. The molecule has 1 atom stereocenters. The summed E-state index contributed by atoms with van der Waals surface area (Å²) in [5, 5.41) is 16.7. The largest absolute Gasteiger partial charge is 0.387 e. The minimum absolute atomic E-state index is 0.212. The first kappa shape index (κ1) is 13.8. The van der Waals surface area contributed by atoms with Crippen LogP contribution in [0.15, 0.2) is 33.2 Å². The number of H-pyrrole nitrogens is 1. The average molecular weight is 280 g/mol. The Labute approximate surface area is 114 Å². The van der Waals surface area contributed by atoms with Crippen molar-refractivity contribution in [2.45, 2.75) is 43.0 Å². The molecular weight excluding hydrogens is 264 g/mol. The first-order valence-corrected chi connectivity index (χ1v) is 6.94. The summed E-state index contributed by atoms with van der Waals surface area (Å²) >= 11 is 1.36. The fraction of sp³-hybridized carbons (Fsp3) is 0.417. The minimum Gasteiger partial charge on any atom is -0.387 e. The molecule has 102 valence electrons. The van der Waals surface area contributed by atoms with Gasteiger partial charge in [0.2, 0.25) is 0 Å². The lowest BCUT2D eigenvalue weighted by Crippen LogP contribution is -2.15. The fourth-order valence-electron chi connectivity index (χ4n) is 1.62. The van der Waals surface area contributed by atoms with Crippen LogP contribution < -0.4 is 5.69 Å². The van der Waals surface area contributed by atoms with Gasteiger partial charge in [-0.1, -0.05) is 6.92 Å². The first-order chi connectivity index (χ1) is 9.15. The zero-order chi connectivity index (χ0) is 13.8. The Kier molecular flexibility index (Phi) is 4.39. The van der Waals surface area contributed by atoms with E-state index >= 15 is 0 Å². The van der Waals surface area contributed by atoms with E-state index in [1.807, 2.05) is 19.9 Å². The Bertz CT molecular complexity index is 591. The molecule has 1 unspecified atom stereocenters. The third kappa shape index (κ3) is 3.05. The van der Waals surface area contributed by atoms with E-state index in [-0.39, 0.29) is 5.69 Å². The number of nitrogens with one attached hydrogen (secondary N) is 1. The molecule has 0 spiro atoms. The highest BCUT2D eigenvalue weighted by Crippen LogP contribution is 2.25. The number of rotatable bonds is 5. The van der Waals surface area contributed by atoms with Crippen LogP contribution in [-0.4, -0.2) is 24.9 Å². The third-order valence-electron chi connectivity index (χ3n) is 2.74. The van der Waals surface area contributed by atoms with E-state index in [0.717, 1.165) is 4.90 Å². The topological polar surface area (TPSA) is 83.8 Å². The van der Waals surface area contributed by atoms with Crippen LogP contribution in [0.1, 0.15) is 32.1 Å². The molecule has 0 bridgehead atoms. The molecule has 0 aliphatic heterocycles. The van der Waals surface area contributed by atoms with Gasteiger partial charge in [0.15, 0.2) is 5.16 Å². The normalized spacial score (nSPS) is 12.6. The maximum Gasteiger partial charge on any atom is 0.343 e. The second kappa shape index (κ2) is 6.03. The molecular formula is C12H16N4O2S. The predicted octanol–water partition coefficient (Wildman–Crippen LogP) is 1.58. The Morgan fingerprint density at radius 2 is 2.26 bits per heavy atom. The van der Waals surface area contributed by atoms with Crippen LogP contribution in [0.3, 0.4) is 0 Å². The average Bonchev–Trinajstić information content (AvgIpc) is 2.79. The van der Waals surface area contributed by atoms with Crippen molar-refractivity contribution in [1.29, 1.82) is 0 Å². The monoisotopic (exact) mass is 280 g/mol. The van der Waals surface area contributed by atoms with E-state index in [2.05, 4.69) is 15.2 Å². The number of hydrogen-bond acceptors (Lipinski definition) is 5. The van der Waals surface area contributed by atoms with Crippen LogP contribution in [-0.2, 0) is 6.54 Å². The van der Waals surface area contributed by atoms with Crippen LogP contribution in [0.2, 0.25) is 0 Å². The van der Waals surface area contributed by atoms with Gasteiger partial charge in [-0.25, -0.2) is 9.89 Å². The van der Waals surface area contributed by atoms with Crippen molar-refractivity contribution < 1.29 is 5.11 Å². The Hall–Kier alpha value is -1.60. The van der Waals surface area contributed by atoms with Crippen molar-refractivity contribution in [3.8, 4) is 0 Å². The van der Waals surface area contributed by atoms with Crippen molar-refractivity contribution in [2.75, 3.05) is 0 Å². The number of aromatic nitrogens is 4. The summed E-state index contributed by atoms with van der Waals surface area (Å²) in [5.74, 6) is 0. The van der Waals surface area contributed by atoms with Crippen LogP contribution >= 0.6 is 11.8 Å². The maximum absolute atomic E-state index is 11.4. The second-order valence-corrected chi connectivity index (χ2v) is 5.04. The highest BCUT2D eigenvalue weighted by molar-refractivity contribution is 7.99. The van der Waals surface area contributed by atoms with Crippen molar-refractivity contribution in [1.82, 2.24) is 19.7 Å². The van der Waals surface area contributed by atoms with E-state index < -0.39 is 6.10 Å². The van der Waals surface area contributed by atoms with Crippen molar-refractivity contribution >= 4 is 11.8 Å². The molecule has 0 aromatic carbocycles. The molecule has 2 aromatic rings. The lowest BCUT2D eigenvalue weighted by molar-refractivity contribution is 0.169. The molecule has 0 amide bonds. The summed E-state index contributed by atoms with van der Waals surface area (Å²) in [7, 11) is 0. The summed E-state index contributed by atoms with van der Waals surface area (Å²) in [6.07, 6.45) is 1.78. The molecule has 6 nitrogen and oxygen atoms in total. The third-order valence-corrected chi connectivity index (χ3v) is 3.71. The maximum atomic E-state index is 11.4. The van der Waals surface area contributed by atoms with Gasteiger partial charge in [0.1, 0.15) is 0 Å². The highest BCUT2D eigenvalue weighted by atomic mass is 32.2. The molecule has 2 heterocycles. The Balaban J connectivity index is 2.17. The molecule has 2 aromatic heterocycles. The van der Waals surface area contributed by atoms with Gasteiger partial charge in [0.25, 0.3) is 0 Å². The molecule has 0 saturated carbocycles. The van der Waals surface area contributed by atoms with Gasteiger partial charge >= 0.3 is 5.69 Å². The highest BCUT2D eigenvalue weighted by Gasteiger charge is 2.10. The van der Waals surface area contributed by atoms with Gasteiger partial charge in [-0.3, -0.25) is 9.55 Å². The first-order valence-electron chi connectivity index (χ1n) is 6.12. The summed E-state index contributed by atoms with van der Waals surface area (Å²) in [5.41, 5.74) is 0.442. The lowest BCUT2D eigenvalue weighted by atomic mass is 10.2. The molecule has 19 heavy (non-hydrogen) atoms. The van der Waals surface area contributed by atoms with E-state index in [0.29, 0.717) is 23.8 Å². The lowest BCUT2D eigenvalue weighted by Gasteiger charge is -2.07. The van der Waals surface area contributed by atoms with Gasteiger partial charge < -0.3 is 5.11 Å². The number of aromatic amines is 1. The number of hydrogen-bond donors (Lipinski definition) is 2. The standard InChI is InChI=1S/C12H16N4O2S/c1-3-10(17)9-6-5-8(7-13-9)19-12-15-14-11(18)16(12)4-2/h5-7,10,17H,3-4H2,1-2H3,(H,14,18). The Morgan fingerprint density at radius 1 is 1.47 bits per heavy atom. The van der Waals surface area contributed by atoms with Crippen LogP contribution in [0.4, 0.5) is 0 Å². The molecule has 0 fully saturated rings. The quantitative estimate of drug-likeness (QED) is 0.868. The molecule has 2 N–H and O–H groups in total. The summed E-state index contributed by atoms with van der Waals surface area (Å²) < 4.78 is 1.56. The number of aliphatic hydroxyl groups excluding tert-OH is 1. The molecule has 2 rings (SSSR count).